The minimum absolute atomic E-state index is 0.487. The van der Waals surface area contributed by atoms with Crippen LogP contribution in [0.2, 0.25) is 0 Å². The molecule has 0 atom stereocenters. The molecule has 0 saturated carbocycles. The van der Waals surface area contributed by atoms with E-state index in [0.29, 0.717) is 11.6 Å². The molecule has 16 heavy (non-hydrogen) atoms. The molecule has 0 aliphatic heterocycles. The van der Waals surface area contributed by atoms with Gasteiger partial charge in [0, 0.05) is 5.69 Å². The summed E-state index contributed by atoms with van der Waals surface area (Å²) in [5.74, 6) is 1.15. The van der Waals surface area contributed by atoms with E-state index in [-0.39, 0.29) is 0 Å². The SMILES string of the molecule is CCc1[nH]ncc1-c1nnc2nccnn12. The third-order valence-corrected chi connectivity index (χ3v) is 2.38. The lowest BCUT2D eigenvalue weighted by molar-refractivity contribution is 0.902. The third kappa shape index (κ3) is 1.18. The molecule has 7 nitrogen and oxygen atoms in total. The normalized spacial score (nSPS) is 11.1. The van der Waals surface area contributed by atoms with Gasteiger partial charge in [-0.2, -0.15) is 14.7 Å². The van der Waals surface area contributed by atoms with E-state index in [1.54, 1.807) is 23.1 Å². The number of H-pyrrole nitrogens is 1. The molecule has 3 aromatic heterocycles. The highest BCUT2D eigenvalue weighted by Crippen LogP contribution is 2.19. The van der Waals surface area contributed by atoms with Gasteiger partial charge in [-0.1, -0.05) is 6.92 Å². The van der Waals surface area contributed by atoms with Crippen LogP contribution in [0.1, 0.15) is 12.6 Å². The molecule has 0 spiro atoms. The number of aromatic amines is 1. The molecule has 7 heteroatoms. The van der Waals surface area contributed by atoms with Gasteiger partial charge in [0.05, 0.1) is 24.2 Å². The van der Waals surface area contributed by atoms with Gasteiger partial charge >= 0.3 is 0 Å². The van der Waals surface area contributed by atoms with E-state index in [0.717, 1.165) is 17.7 Å². The number of aryl methyl sites for hydroxylation is 1. The smallest absolute Gasteiger partial charge is 0.272 e. The molecule has 80 valence electrons. The summed E-state index contributed by atoms with van der Waals surface area (Å²) in [6.45, 7) is 2.05. The van der Waals surface area contributed by atoms with Crippen LogP contribution in [0.25, 0.3) is 17.2 Å². The van der Waals surface area contributed by atoms with E-state index in [2.05, 4.69) is 30.5 Å². The molecule has 3 aromatic rings. The fourth-order valence-corrected chi connectivity index (χ4v) is 1.60. The number of nitrogens with zero attached hydrogens (tertiary/aromatic N) is 6. The quantitative estimate of drug-likeness (QED) is 0.671. The summed E-state index contributed by atoms with van der Waals surface area (Å²) in [6, 6.07) is 0. The zero-order chi connectivity index (χ0) is 11.0. The number of rotatable bonds is 2. The molecule has 0 unspecified atom stereocenters. The minimum atomic E-state index is 0.487. The highest BCUT2D eigenvalue weighted by Gasteiger charge is 2.14. The van der Waals surface area contributed by atoms with Crippen LogP contribution in [0, 0.1) is 0 Å². The maximum atomic E-state index is 4.16. The van der Waals surface area contributed by atoms with Gasteiger partial charge in [-0.25, -0.2) is 4.98 Å². The van der Waals surface area contributed by atoms with Crippen molar-refractivity contribution in [2.45, 2.75) is 13.3 Å². The number of hydrogen-bond donors (Lipinski definition) is 1. The Morgan fingerprint density at radius 2 is 2.25 bits per heavy atom. The third-order valence-electron chi connectivity index (χ3n) is 2.38. The number of fused-ring (bicyclic) bond motifs is 1. The van der Waals surface area contributed by atoms with E-state index < -0.39 is 0 Å². The molecule has 0 bridgehead atoms. The summed E-state index contributed by atoms with van der Waals surface area (Å²) in [5.41, 5.74) is 1.93. The largest absolute Gasteiger partial charge is 0.282 e. The fraction of sp³-hybridized carbons (Fsp3) is 0.222. The molecule has 3 heterocycles. The maximum absolute atomic E-state index is 4.16. The van der Waals surface area contributed by atoms with E-state index in [9.17, 15) is 0 Å². The number of nitrogens with one attached hydrogen (secondary N) is 1. The summed E-state index contributed by atoms with van der Waals surface area (Å²) < 4.78 is 1.60. The topological polar surface area (TPSA) is 84.6 Å². The van der Waals surface area contributed by atoms with Gasteiger partial charge in [-0.15, -0.1) is 10.2 Å². The molecule has 0 aromatic carbocycles. The van der Waals surface area contributed by atoms with Crippen molar-refractivity contribution in [3.8, 4) is 11.4 Å². The molecule has 0 fully saturated rings. The van der Waals surface area contributed by atoms with Gasteiger partial charge in [-0.05, 0) is 6.42 Å². The molecule has 0 aliphatic carbocycles. The number of aromatic nitrogens is 7. The molecular formula is C9H9N7. The molecule has 0 amide bonds. The van der Waals surface area contributed by atoms with Crippen LogP contribution in [-0.4, -0.2) is 35.0 Å². The van der Waals surface area contributed by atoms with Gasteiger partial charge in [-0.3, -0.25) is 5.10 Å². The lowest BCUT2D eigenvalue weighted by Gasteiger charge is -1.97. The van der Waals surface area contributed by atoms with Gasteiger partial charge in [0.1, 0.15) is 0 Å². The fourth-order valence-electron chi connectivity index (χ4n) is 1.60. The summed E-state index contributed by atoms with van der Waals surface area (Å²) in [7, 11) is 0. The summed E-state index contributed by atoms with van der Waals surface area (Å²) in [4.78, 5) is 4.06. The van der Waals surface area contributed by atoms with Gasteiger partial charge in [0.2, 0.25) is 0 Å². The van der Waals surface area contributed by atoms with Crippen molar-refractivity contribution in [1.29, 1.82) is 0 Å². The van der Waals surface area contributed by atoms with Crippen LogP contribution < -0.4 is 0 Å². The molecule has 1 N–H and O–H groups in total. The minimum Gasteiger partial charge on any atom is -0.282 e. The second-order valence-corrected chi connectivity index (χ2v) is 3.29. The summed E-state index contributed by atoms with van der Waals surface area (Å²) in [6.07, 6.45) is 5.77. The van der Waals surface area contributed by atoms with Crippen molar-refractivity contribution in [2.24, 2.45) is 0 Å². The van der Waals surface area contributed by atoms with Gasteiger partial charge in [0.15, 0.2) is 5.82 Å². The summed E-state index contributed by atoms with van der Waals surface area (Å²) in [5, 5.41) is 19.1. The average Bonchev–Trinajstić information content (AvgIpc) is 2.94. The maximum Gasteiger partial charge on any atom is 0.272 e. The van der Waals surface area contributed by atoms with Crippen LogP contribution in [0.3, 0.4) is 0 Å². The van der Waals surface area contributed by atoms with E-state index in [4.69, 9.17) is 0 Å². The molecule has 0 aliphatic rings. The Labute approximate surface area is 90.5 Å². The van der Waals surface area contributed by atoms with Crippen molar-refractivity contribution in [3.63, 3.8) is 0 Å². The van der Waals surface area contributed by atoms with Gasteiger partial charge < -0.3 is 0 Å². The first kappa shape index (κ1) is 8.96. The van der Waals surface area contributed by atoms with Crippen LogP contribution in [0.15, 0.2) is 18.6 Å². The predicted molar refractivity (Wildman–Crippen MR) is 55.5 cm³/mol. The van der Waals surface area contributed by atoms with Crippen LogP contribution >= 0.6 is 0 Å². The summed E-state index contributed by atoms with van der Waals surface area (Å²) >= 11 is 0. The standard InChI is InChI=1S/C9H9N7/c1-2-7-6(5-11-13-7)8-14-15-9-10-3-4-12-16(8)9/h3-5H,2H2,1H3,(H,11,13). The Morgan fingerprint density at radius 1 is 1.31 bits per heavy atom. The zero-order valence-corrected chi connectivity index (χ0v) is 8.62. The van der Waals surface area contributed by atoms with E-state index in [1.807, 2.05) is 6.92 Å². The van der Waals surface area contributed by atoms with Crippen molar-refractivity contribution < 1.29 is 0 Å². The van der Waals surface area contributed by atoms with Crippen molar-refractivity contribution in [2.75, 3.05) is 0 Å². The predicted octanol–water partition coefficient (Wildman–Crippen LogP) is 0.472. The molecular weight excluding hydrogens is 206 g/mol. The highest BCUT2D eigenvalue weighted by atomic mass is 15.4. The van der Waals surface area contributed by atoms with Crippen molar-refractivity contribution >= 4 is 5.78 Å². The lowest BCUT2D eigenvalue weighted by Crippen LogP contribution is -1.96. The van der Waals surface area contributed by atoms with Crippen LogP contribution in [0.4, 0.5) is 0 Å². The second kappa shape index (κ2) is 3.37. The Balaban J connectivity index is 2.26. The average molecular weight is 215 g/mol. The highest BCUT2D eigenvalue weighted by molar-refractivity contribution is 5.59. The Morgan fingerprint density at radius 3 is 3.12 bits per heavy atom. The number of hydrogen-bond acceptors (Lipinski definition) is 5. The molecule has 0 radical (unpaired) electrons. The Bertz CT molecular complexity index is 623. The van der Waals surface area contributed by atoms with Crippen molar-refractivity contribution in [3.05, 3.63) is 24.3 Å². The first-order valence-corrected chi connectivity index (χ1v) is 4.95. The monoisotopic (exact) mass is 215 g/mol. The van der Waals surface area contributed by atoms with E-state index >= 15 is 0 Å². The molecule has 0 saturated heterocycles. The van der Waals surface area contributed by atoms with Crippen LogP contribution in [-0.2, 0) is 6.42 Å². The first-order valence-electron chi connectivity index (χ1n) is 4.95. The Kier molecular flexibility index (Phi) is 1.89. The second-order valence-electron chi connectivity index (χ2n) is 3.29. The lowest BCUT2D eigenvalue weighted by atomic mass is 10.2. The van der Waals surface area contributed by atoms with Crippen molar-refractivity contribution in [1.82, 2.24) is 35.0 Å². The van der Waals surface area contributed by atoms with Gasteiger partial charge in [0.25, 0.3) is 5.78 Å². The Hall–Kier alpha value is -2.31. The van der Waals surface area contributed by atoms with Crippen LogP contribution in [0.5, 0.6) is 0 Å². The molecule has 3 rings (SSSR count). The van der Waals surface area contributed by atoms with E-state index in [1.165, 1.54) is 0 Å². The first-order chi connectivity index (χ1) is 7.90. The zero-order valence-electron chi connectivity index (χ0n) is 8.62.